The van der Waals surface area contributed by atoms with Crippen LogP contribution in [0.2, 0.25) is 0 Å². The molecule has 0 bridgehead atoms. The summed E-state index contributed by atoms with van der Waals surface area (Å²) in [5.41, 5.74) is 2.15. The molecule has 6 nitrogen and oxygen atoms in total. The Hall–Kier alpha value is -2.21. The highest BCUT2D eigenvalue weighted by atomic mass is 16.4. The Bertz CT molecular complexity index is 592. The van der Waals surface area contributed by atoms with Gasteiger partial charge in [-0.15, -0.1) is 0 Å². The number of carboxylic acids is 2. The summed E-state index contributed by atoms with van der Waals surface area (Å²) < 4.78 is 0. The Balaban J connectivity index is 0.000000387. The predicted molar refractivity (Wildman–Crippen MR) is 104 cm³/mol. The van der Waals surface area contributed by atoms with E-state index in [2.05, 4.69) is 30.9 Å². The molecule has 0 aromatic heterocycles. The Morgan fingerprint density at radius 2 is 1.48 bits per heavy atom. The lowest BCUT2D eigenvalue weighted by molar-refractivity contribution is -0.143. The van der Waals surface area contributed by atoms with Gasteiger partial charge in [0.05, 0.1) is 12.8 Å². The molecule has 1 atom stereocenters. The maximum atomic E-state index is 12.4. The number of Topliss-reactive ketones (excluding diaryl/α,β-unsaturated/α-hetero) is 1. The minimum atomic E-state index is -1.08. The number of hydrogen-bond donors (Lipinski definition) is 2. The fourth-order valence-electron chi connectivity index (χ4n) is 3.02. The largest absolute Gasteiger partial charge is 0.481 e. The number of carboxylic acid groups (broad SMARTS) is 2. The fourth-order valence-corrected chi connectivity index (χ4v) is 3.02. The number of ketones is 1. The van der Waals surface area contributed by atoms with Crippen LogP contribution in [0.15, 0.2) is 24.3 Å². The van der Waals surface area contributed by atoms with Crippen molar-refractivity contribution in [3.8, 4) is 0 Å². The molecule has 0 aliphatic carbocycles. The van der Waals surface area contributed by atoms with Gasteiger partial charge in [0.15, 0.2) is 5.78 Å². The molecule has 2 rings (SSSR count). The first kappa shape index (κ1) is 22.8. The molecule has 1 unspecified atom stereocenters. The molecule has 1 aromatic rings. The summed E-state index contributed by atoms with van der Waals surface area (Å²) in [6.45, 7) is 7.42. The van der Waals surface area contributed by atoms with E-state index in [-0.39, 0.29) is 24.5 Å². The molecule has 1 aliphatic rings. The van der Waals surface area contributed by atoms with Crippen LogP contribution in [0.25, 0.3) is 0 Å². The summed E-state index contributed by atoms with van der Waals surface area (Å²) in [6, 6.07) is 8.10. The second-order valence-corrected chi connectivity index (χ2v) is 6.96. The molecule has 0 saturated carbocycles. The lowest BCUT2D eigenvalue weighted by Crippen LogP contribution is -2.35. The highest BCUT2D eigenvalue weighted by Crippen LogP contribution is 2.15. The number of benzene rings is 1. The third kappa shape index (κ3) is 9.33. The van der Waals surface area contributed by atoms with Crippen molar-refractivity contribution >= 4 is 17.7 Å². The number of hydrogen-bond acceptors (Lipinski definition) is 4. The Kier molecular flexibility index (Phi) is 10.3. The van der Waals surface area contributed by atoms with E-state index in [0.29, 0.717) is 0 Å². The van der Waals surface area contributed by atoms with E-state index in [1.165, 1.54) is 24.8 Å². The van der Waals surface area contributed by atoms with Crippen molar-refractivity contribution in [3.05, 3.63) is 35.4 Å². The van der Waals surface area contributed by atoms with Crippen molar-refractivity contribution < 1.29 is 24.6 Å². The van der Waals surface area contributed by atoms with Crippen molar-refractivity contribution in [2.24, 2.45) is 5.92 Å². The summed E-state index contributed by atoms with van der Waals surface area (Å²) in [7, 11) is 0. The Morgan fingerprint density at radius 3 is 1.93 bits per heavy atom. The molecule has 1 saturated heterocycles. The molecule has 0 amide bonds. The van der Waals surface area contributed by atoms with Crippen LogP contribution in [0, 0.1) is 5.92 Å². The third-order valence-electron chi connectivity index (χ3n) is 4.63. The lowest BCUT2D eigenvalue weighted by atomic mass is 9.97. The number of piperidine rings is 1. The number of rotatable bonds is 8. The molecule has 2 N–H and O–H groups in total. The first-order valence-corrected chi connectivity index (χ1v) is 9.62. The topological polar surface area (TPSA) is 94.9 Å². The number of carbonyl (C=O) groups is 3. The van der Waals surface area contributed by atoms with Crippen LogP contribution in [0.3, 0.4) is 0 Å². The predicted octanol–water partition coefficient (Wildman–Crippen LogP) is 3.49. The van der Waals surface area contributed by atoms with Gasteiger partial charge in [-0.3, -0.25) is 14.4 Å². The molecule has 0 radical (unpaired) electrons. The van der Waals surface area contributed by atoms with Crippen LogP contribution in [0.5, 0.6) is 0 Å². The fraction of sp³-hybridized carbons (Fsp3) is 0.571. The number of aliphatic carboxylic acids is 2. The number of nitrogens with zero attached hydrogens (tertiary/aromatic N) is 1. The molecule has 1 heterocycles. The maximum absolute atomic E-state index is 12.4. The first-order valence-electron chi connectivity index (χ1n) is 9.62. The third-order valence-corrected chi connectivity index (χ3v) is 4.63. The minimum Gasteiger partial charge on any atom is -0.481 e. The standard InChI is InChI=1S/C17H25NO.C4H6O4/c1-3-15-7-9-16(10-8-15)17(19)14(2)13-18-11-5-4-6-12-18;5-3(6)1-2-4(7)8/h7-10,14H,3-6,11-13H2,1-2H3;1-2H2,(H,5,6)(H,7,8). The Morgan fingerprint density at radius 1 is 0.963 bits per heavy atom. The Labute approximate surface area is 161 Å². The van der Waals surface area contributed by atoms with Gasteiger partial charge in [0, 0.05) is 18.0 Å². The van der Waals surface area contributed by atoms with Crippen molar-refractivity contribution in [1.29, 1.82) is 0 Å². The average Bonchev–Trinajstić information content (AvgIpc) is 2.67. The smallest absolute Gasteiger partial charge is 0.303 e. The summed E-state index contributed by atoms with van der Waals surface area (Å²) in [5.74, 6) is -1.77. The van der Waals surface area contributed by atoms with Crippen LogP contribution in [-0.2, 0) is 16.0 Å². The van der Waals surface area contributed by atoms with Gasteiger partial charge in [0.1, 0.15) is 0 Å². The van der Waals surface area contributed by atoms with Crippen LogP contribution in [0.4, 0.5) is 0 Å². The van der Waals surface area contributed by atoms with Crippen molar-refractivity contribution in [2.75, 3.05) is 19.6 Å². The highest BCUT2D eigenvalue weighted by molar-refractivity contribution is 5.97. The average molecular weight is 377 g/mol. The van der Waals surface area contributed by atoms with Gasteiger partial charge in [0.2, 0.25) is 0 Å². The lowest BCUT2D eigenvalue weighted by Gasteiger charge is -2.28. The van der Waals surface area contributed by atoms with Crippen molar-refractivity contribution in [1.82, 2.24) is 4.90 Å². The highest BCUT2D eigenvalue weighted by Gasteiger charge is 2.19. The van der Waals surface area contributed by atoms with E-state index in [0.717, 1.165) is 31.6 Å². The molecular formula is C21H31NO5. The van der Waals surface area contributed by atoms with E-state index < -0.39 is 11.9 Å². The van der Waals surface area contributed by atoms with Gasteiger partial charge in [-0.2, -0.15) is 0 Å². The monoisotopic (exact) mass is 377 g/mol. The van der Waals surface area contributed by atoms with Crippen molar-refractivity contribution in [3.63, 3.8) is 0 Å². The van der Waals surface area contributed by atoms with Gasteiger partial charge >= 0.3 is 11.9 Å². The number of likely N-dealkylation sites (tertiary alicyclic amines) is 1. The first-order chi connectivity index (χ1) is 12.8. The zero-order chi connectivity index (χ0) is 20.2. The van der Waals surface area contributed by atoms with E-state index in [1.54, 1.807) is 0 Å². The molecule has 1 aromatic carbocycles. The summed E-state index contributed by atoms with van der Waals surface area (Å²) >= 11 is 0. The molecule has 1 fully saturated rings. The minimum absolute atomic E-state index is 0.102. The number of carbonyl (C=O) groups excluding carboxylic acids is 1. The van der Waals surface area contributed by atoms with Gasteiger partial charge < -0.3 is 15.1 Å². The van der Waals surface area contributed by atoms with Crippen LogP contribution >= 0.6 is 0 Å². The SMILES string of the molecule is CCc1ccc(C(=O)C(C)CN2CCCCC2)cc1.O=C(O)CCC(=O)O. The van der Waals surface area contributed by atoms with Crippen molar-refractivity contribution in [2.45, 2.75) is 52.4 Å². The second kappa shape index (κ2) is 12.2. The van der Waals surface area contributed by atoms with Gasteiger partial charge in [-0.05, 0) is 37.9 Å². The van der Waals surface area contributed by atoms with E-state index in [4.69, 9.17) is 10.2 Å². The molecular weight excluding hydrogens is 346 g/mol. The van der Waals surface area contributed by atoms with E-state index >= 15 is 0 Å². The van der Waals surface area contributed by atoms with Crippen LogP contribution in [-0.4, -0.2) is 52.5 Å². The van der Waals surface area contributed by atoms with Gasteiger partial charge in [0.25, 0.3) is 0 Å². The molecule has 150 valence electrons. The summed E-state index contributed by atoms with van der Waals surface area (Å²) in [5, 5.41) is 15.8. The number of aryl methyl sites for hydroxylation is 1. The molecule has 0 spiro atoms. The zero-order valence-electron chi connectivity index (χ0n) is 16.3. The maximum Gasteiger partial charge on any atom is 0.303 e. The molecule has 6 heteroatoms. The van der Waals surface area contributed by atoms with E-state index in [9.17, 15) is 14.4 Å². The quantitative estimate of drug-likeness (QED) is 0.674. The van der Waals surface area contributed by atoms with Gasteiger partial charge in [-0.25, -0.2) is 0 Å². The van der Waals surface area contributed by atoms with Crippen LogP contribution < -0.4 is 0 Å². The normalized spacial score (nSPS) is 15.3. The molecule has 1 aliphatic heterocycles. The summed E-state index contributed by atoms with van der Waals surface area (Å²) in [6.07, 6.45) is 4.35. The van der Waals surface area contributed by atoms with E-state index in [1.807, 2.05) is 12.1 Å². The summed E-state index contributed by atoms with van der Waals surface area (Å²) in [4.78, 5) is 34.1. The van der Waals surface area contributed by atoms with Gasteiger partial charge in [-0.1, -0.05) is 44.5 Å². The molecule has 27 heavy (non-hydrogen) atoms. The van der Waals surface area contributed by atoms with Crippen LogP contribution in [0.1, 0.15) is 61.9 Å². The zero-order valence-corrected chi connectivity index (χ0v) is 16.3. The second-order valence-electron chi connectivity index (χ2n) is 6.96.